The highest BCUT2D eigenvalue weighted by molar-refractivity contribution is 7.89. The van der Waals surface area contributed by atoms with E-state index < -0.39 is 15.9 Å². The van der Waals surface area contributed by atoms with E-state index in [-0.39, 0.29) is 29.5 Å². The van der Waals surface area contributed by atoms with Crippen molar-refractivity contribution in [3.05, 3.63) is 59.7 Å². The number of primary amides is 1. The van der Waals surface area contributed by atoms with Gasteiger partial charge in [0.1, 0.15) is 12.4 Å². The van der Waals surface area contributed by atoms with Gasteiger partial charge in [-0.15, -0.1) is 0 Å². The Morgan fingerprint density at radius 2 is 1.68 bits per heavy atom. The number of hydrogen-bond acceptors (Lipinski definition) is 5. The lowest BCUT2D eigenvalue weighted by atomic mass is 10.2. The molecule has 0 spiro atoms. The first-order chi connectivity index (χ1) is 14.8. The molecular formula is C22H25N3O5S. The van der Waals surface area contributed by atoms with Crippen LogP contribution >= 0.6 is 0 Å². The van der Waals surface area contributed by atoms with E-state index in [0.29, 0.717) is 24.4 Å². The Morgan fingerprint density at radius 1 is 1.03 bits per heavy atom. The van der Waals surface area contributed by atoms with Gasteiger partial charge in [0.05, 0.1) is 17.0 Å². The van der Waals surface area contributed by atoms with Crippen molar-refractivity contribution in [2.45, 2.75) is 18.7 Å². The molecule has 0 fully saturated rings. The third-order valence-electron chi connectivity index (χ3n) is 4.37. The Kier molecular flexibility index (Phi) is 8.61. The van der Waals surface area contributed by atoms with E-state index in [2.05, 4.69) is 17.2 Å². The van der Waals surface area contributed by atoms with Crippen molar-refractivity contribution in [2.24, 2.45) is 5.73 Å². The van der Waals surface area contributed by atoms with Crippen molar-refractivity contribution in [3.8, 4) is 17.6 Å². The summed E-state index contributed by atoms with van der Waals surface area (Å²) >= 11 is 0. The Morgan fingerprint density at radius 3 is 2.29 bits per heavy atom. The first-order valence-electron chi connectivity index (χ1n) is 9.67. The molecule has 31 heavy (non-hydrogen) atoms. The Hall–Kier alpha value is -3.35. The molecule has 0 saturated heterocycles. The molecule has 9 heteroatoms. The number of sulfonamides is 1. The summed E-state index contributed by atoms with van der Waals surface area (Å²) in [7, 11) is -3.57. The molecule has 0 saturated carbocycles. The minimum atomic E-state index is -3.57. The summed E-state index contributed by atoms with van der Waals surface area (Å²) in [6, 6.07) is 12.3. The molecule has 0 heterocycles. The standard InChI is InChI=1S/C22H25N3O5S/c1-3-25(4-2)31(28,29)18-13-11-17(12-14-18)22(27)24-15-7-8-16-30-20-10-6-5-9-19(20)21(23)26/h5-6,9-14H,3-4,15-16H2,1-2H3,(H2,23,26)(H,24,27). The van der Waals surface area contributed by atoms with Crippen LogP contribution in [0.4, 0.5) is 0 Å². The lowest BCUT2D eigenvalue weighted by Gasteiger charge is -2.18. The van der Waals surface area contributed by atoms with Crippen molar-refractivity contribution in [1.82, 2.24) is 9.62 Å². The number of amides is 2. The number of carbonyl (C=O) groups is 2. The average Bonchev–Trinajstić information content (AvgIpc) is 2.76. The fourth-order valence-corrected chi connectivity index (χ4v) is 4.20. The van der Waals surface area contributed by atoms with E-state index in [0.717, 1.165) is 0 Å². The third-order valence-corrected chi connectivity index (χ3v) is 6.44. The fourth-order valence-electron chi connectivity index (χ4n) is 2.74. The second-order valence-corrected chi connectivity index (χ2v) is 8.24. The number of ether oxygens (including phenoxy) is 1. The van der Waals surface area contributed by atoms with Gasteiger partial charge in [0.15, 0.2) is 0 Å². The molecule has 0 bridgehead atoms. The number of carbonyl (C=O) groups excluding carboxylic acids is 2. The number of nitrogens with one attached hydrogen (secondary N) is 1. The van der Waals surface area contributed by atoms with E-state index in [1.807, 2.05) is 0 Å². The minimum absolute atomic E-state index is 0.0259. The van der Waals surface area contributed by atoms with Crippen LogP contribution < -0.4 is 15.8 Å². The van der Waals surface area contributed by atoms with Crippen LogP contribution in [-0.2, 0) is 10.0 Å². The van der Waals surface area contributed by atoms with Crippen LogP contribution in [-0.4, -0.2) is 50.8 Å². The fraction of sp³-hybridized carbons (Fsp3) is 0.273. The maximum atomic E-state index is 12.5. The predicted octanol–water partition coefficient (Wildman–Crippen LogP) is 1.63. The van der Waals surface area contributed by atoms with Gasteiger partial charge in [0.25, 0.3) is 11.8 Å². The lowest BCUT2D eigenvalue weighted by Crippen LogP contribution is -2.30. The lowest BCUT2D eigenvalue weighted by molar-refractivity contribution is 0.0956. The molecule has 164 valence electrons. The molecule has 3 N–H and O–H groups in total. The van der Waals surface area contributed by atoms with Crippen LogP contribution in [0, 0.1) is 11.8 Å². The van der Waals surface area contributed by atoms with Gasteiger partial charge < -0.3 is 15.8 Å². The van der Waals surface area contributed by atoms with Gasteiger partial charge in [-0.25, -0.2) is 8.42 Å². The van der Waals surface area contributed by atoms with Gasteiger partial charge in [0, 0.05) is 18.7 Å². The first-order valence-corrected chi connectivity index (χ1v) is 11.1. The van der Waals surface area contributed by atoms with E-state index in [4.69, 9.17) is 10.5 Å². The zero-order chi connectivity index (χ0) is 22.9. The monoisotopic (exact) mass is 443 g/mol. The van der Waals surface area contributed by atoms with E-state index in [1.54, 1.807) is 38.1 Å². The predicted molar refractivity (Wildman–Crippen MR) is 117 cm³/mol. The second-order valence-electron chi connectivity index (χ2n) is 6.30. The van der Waals surface area contributed by atoms with Crippen LogP contribution in [0.1, 0.15) is 34.6 Å². The van der Waals surface area contributed by atoms with Crippen LogP contribution in [0.2, 0.25) is 0 Å². The molecule has 0 aliphatic carbocycles. The Labute approximate surface area is 182 Å². The SMILES string of the molecule is CCN(CC)S(=O)(=O)c1ccc(C(=O)NCC#CCOc2ccccc2C(N)=O)cc1. The minimum Gasteiger partial charge on any atom is -0.480 e. The Bertz CT molecular complexity index is 1080. The molecule has 0 unspecified atom stereocenters. The topological polar surface area (TPSA) is 119 Å². The summed E-state index contributed by atoms with van der Waals surface area (Å²) in [6.45, 7) is 4.39. The molecule has 2 amide bonds. The van der Waals surface area contributed by atoms with Gasteiger partial charge in [-0.05, 0) is 36.4 Å². The quantitative estimate of drug-likeness (QED) is 0.571. The van der Waals surface area contributed by atoms with Crippen molar-refractivity contribution >= 4 is 21.8 Å². The van der Waals surface area contributed by atoms with E-state index in [1.165, 1.54) is 28.6 Å². The van der Waals surface area contributed by atoms with Crippen LogP contribution in [0.5, 0.6) is 5.75 Å². The maximum absolute atomic E-state index is 12.5. The van der Waals surface area contributed by atoms with Crippen LogP contribution in [0.15, 0.2) is 53.4 Å². The van der Waals surface area contributed by atoms with Crippen molar-refractivity contribution in [1.29, 1.82) is 0 Å². The molecule has 8 nitrogen and oxygen atoms in total. The number of para-hydroxylation sites is 1. The van der Waals surface area contributed by atoms with Gasteiger partial charge in [0.2, 0.25) is 10.0 Å². The van der Waals surface area contributed by atoms with Crippen LogP contribution in [0.3, 0.4) is 0 Å². The van der Waals surface area contributed by atoms with Crippen molar-refractivity contribution in [3.63, 3.8) is 0 Å². The summed E-state index contributed by atoms with van der Waals surface area (Å²) in [5.41, 5.74) is 5.87. The molecule has 0 atom stereocenters. The largest absolute Gasteiger partial charge is 0.480 e. The molecule has 2 aromatic carbocycles. The maximum Gasteiger partial charge on any atom is 0.252 e. The third kappa shape index (κ3) is 6.31. The molecule has 0 aliphatic rings. The molecule has 0 aliphatic heterocycles. The normalized spacial score (nSPS) is 10.8. The molecule has 0 aromatic heterocycles. The number of benzene rings is 2. The van der Waals surface area contributed by atoms with Gasteiger partial charge in [-0.1, -0.05) is 37.8 Å². The number of hydrogen-bond donors (Lipinski definition) is 2. The number of nitrogens with two attached hydrogens (primary N) is 1. The van der Waals surface area contributed by atoms with Crippen molar-refractivity contribution in [2.75, 3.05) is 26.2 Å². The molecule has 2 aromatic rings. The second kappa shape index (κ2) is 11.2. The molecule has 0 radical (unpaired) electrons. The zero-order valence-electron chi connectivity index (χ0n) is 17.4. The number of nitrogens with zero attached hydrogens (tertiary/aromatic N) is 1. The molecular weight excluding hydrogens is 418 g/mol. The summed E-state index contributed by atoms with van der Waals surface area (Å²) in [5.74, 6) is 4.86. The highest BCUT2D eigenvalue weighted by Gasteiger charge is 2.21. The number of rotatable bonds is 9. The highest BCUT2D eigenvalue weighted by Crippen LogP contribution is 2.17. The Balaban J connectivity index is 1.88. The van der Waals surface area contributed by atoms with Crippen molar-refractivity contribution < 1.29 is 22.7 Å². The van der Waals surface area contributed by atoms with Gasteiger partial charge >= 0.3 is 0 Å². The summed E-state index contributed by atoms with van der Waals surface area (Å²) in [6.07, 6.45) is 0. The summed E-state index contributed by atoms with van der Waals surface area (Å²) in [4.78, 5) is 23.7. The van der Waals surface area contributed by atoms with Gasteiger partial charge in [-0.3, -0.25) is 9.59 Å². The molecule has 2 rings (SSSR count). The first kappa shape index (κ1) is 23.9. The summed E-state index contributed by atoms with van der Waals surface area (Å²) < 4.78 is 31.7. The smallest absolute Gasteiger partial charge is 0.252 e. The highest BCUT2D eigenvalue weighted by atomic mass is 32.2. The van der Waals surface area contributed by atoms with E-state index >= 15 is 0 Å². The summed E-state index contributed by atoms with van der Waals surface area (Å²) in [5, 5.41) is 2.63. The van der Waals surface area contributed by atoms with Crippen LogP contribution in [0.25, 0.3) is 0 Å². The van der Waals surface area contributed by atoms with Gasteiger partial charge in [-0.2, -0.15) is 4.31 Å². The van der Waals surface area contributed by atoms with E-state index in [9.17, 15) is 18.0 Å². The zero-order valence-corrected chi connectivity index (χ0v) is 18.2. The average molecular weight is 444 g/mol.